The van der Waals surface area contributed by atoms with E-state index in [0.29, 0.717) is 6.54 Å². The standard InChI is InChI=1S/C12H19N3O3S2/c13-9-12(5-1-2-6-12)15-10(16)8-14-20(17,18)11-4-3-7-19-11/h3-4,7,14H,1-2,5-6,8-9,13H2,(H,15,16). The van der Waals surface area contributed by atoms with E-state index >= 15 is 0 Å². The van der Waals surface area contributed by atoms with Crippen LogP contribution in [0.25, 0.3) is 0 Å². The van der Waals surface area contributed by atoms with Gasteiger partial charge in [-0.25, -0.2) is 13.1 Å². The topological polar surface area (TPSA) is 101 Å². The van der Waals surface area contributed by atoms with Gasteiger partial charge in [0.05, 0.1) is 12.1 Å². The summed E-state index contributed by atoms with van der Waals surface area (Å²) >= 11 is 1.12. The van der Waals surface area contributed by atoms with Gasteiger partial charge in [0.25, 0.3) is 10.0 Å². The number of nitrogens with two attached hydrogens (primary N) is 1. The Labute approximate surface area is 122 Å². The Hall–Kier alpha value is -0.960. The Kier molecular flexibility index (Phi) is 4.79. The van der Waals surface area contributed by atoms with E-state index < -0.39 is 10.0 Å². The predicted octanol–water partition coefficient (Wildman–Crippen LogP) is 0.414. The molecule has 0 unspecified atom stereocenters. The van der Waals surface area contributed by atoms with E-state index in [4.69, 9.17) is 5.73 Å². The van der Waals surface area contributed by atoms with E-state index in [1.54, 1.807) is 11.4 Å². The molecule has 0 aliphatic heterocycles. The third-order valence-electron chi connectivity index (χ3n) is 3.54. The van der Waals surface area contributed by atoms with Crippen LogP contribution in [-0.2, 0) is 14.8 Å². The van der Waals surface area contributed by atoms with Crippen LogP contribution in [0, 0.1) is 0 Å². The molecular weight excluding hydrogens is 298 g/mol. The number of rotatable bonds is 6. The Morgan fingerprint density at radius 2 is 2.10 bits per heavy atom. The molecule has 0 aromatic carbocycles. The van der Waals surface area contributed by atoms with Crippen molar-refractivity contribution >= 4 is 27.3 Å². The molecule has 1 aliphatic carbocycles. The van der Waals surface area contributed by atoms with Gasteiger partial charge >= 0.3 is 0 Å². The molecule has 0 bridgehead atoms. The van der Waals surface area contributed by atoms with Gasteiger partial charge in [-0.1, -0.05) is 18.9 Å². The van der Waals surface area contributed by atoms with Gasteiger partial charge < -0.3 is 11.1 Å². The summed E-state index contributed by atoms with van der Waals surface area (Å²) in [6.45, 7) is 0.123. The van der Waals surface area contributed by atoms with Crippen molar-refractivity contribution in [3.05, 3.63) is 17.5 Å². The quantitative estimate of drug-likeness (QED) is 0.707. The first-order chi connectivity index (χ1) is 9.47. The molecule has 0 saturated heterocycles. The molecule has 1 saturated carbocycles. The summed E-state index contributed by atoms with van der Waals surface area (Å²) in [4.78, 5) is 11.9. The number of carbonyl (C=O) groups excluding carboxylic acids is 1. The van der Waals surface area contributed by atoms with Crippen molar-refractivity contribution in [3.8, 4) is 0 Å². The lowest BCUT2D eigenvalue weighted by Gasteiger charge is -2.28. The van der Waals surface area contributed by atoms with E-state index in [-0.39, 0.29) is 22.2 Å². The van der Waals surface area contributed by atoms with Crippen molar-refractivity contribution in [2.24, 2.45) is 5.73 Å². The largest absolute Gasteiger partial charge is 0.348 e. The van der Waals surface area contributed by atoms with Gasteiger partial charge in [0.2, 0.25) is 5.91 Å². The Bertz CT molecular complexity index is 549. The van der Waals surface area contributed by atoms with Crippen LogP contribution in [0.3, 0.4) is 0 Å². The normalized spacial score (nSPS) is 18.1. The fourth-order valence-electron chi connectivity index (χ4n) is 2.42. The number of thiophene rings is 1. The molecule has 6 nitrogen and oxygen atoms in total. The minimum Gasteiger partial charge on any atom is -0.348 e. The molecular formula is C12H19N3O3S2. The highest BCUT2D eigenvalue weighted by Crippen LogP contribution is 2.28. The summed E-state index contributed by atoms with van der Waals surface area (Å²) < 4.78 is 26.3. The Morgan fingerprint density at radius 3 is 2.65 bits per heavy atom. The van der Waals surface area contributed by atoms with Crippen LogP contribution in [0.5, 0.6) is 0 Å². The van der Waals surface area contributed by atoms with E-state index in [0.717, 1.165) is 37.0 Å². The number of hydrogen-bond donors (Lipinski definition) is 3. The van der Waals surface area contributed by atoms with Gasteiger partial charge in [-0.05, 0) is 24.3 Å². The first-order valence-corrected chi connectivity index (χ1v) is 8.88. The zero-order valence-corrected chi connectivity index (χ0v) is 12.7. The van der Waals surface area contributed by atoms with Crippen molar-refractivity contribution in [2.45, 2.75) is 35.4 Å². The molecule has 1 heterocycles. The summed E-state index contributed by atoms with van der Waals surface area (Å²) in [6, 6.07) is 3.16. The van der Waals surface area contributed by atoms with Gasteiger partial charge in [0.1, 0.15) is 4.21 Å². The van der Waals surface area contributed by atoms with Crippen LogP contribution in [0.2, 0.25) is 0 Å². The molecule has 20 heavy (non-hydrogen) atoms. The van der Waals surface area contributed by atoms with Crippen molar-refractivity contribution in [3.63, 3.8) is 0 Å². The predicted molar refractivity (Wildman–Crippen MR) is 77.9 cm³/mol. The number of nitrogens with one attached hydrogen (secondary N) is 2. The van der Waals surface area contributed by atoms with Gasteiger partial charge in [-0.15, -0.1) is 11.3 Å². The highest BCUT2D eigenvalue weighted by atomic mass is 32.2. The Morgan fingerprint density at radius 1 is 1.40 bits per heavy atom. The third-order valence-corrected chi connectivity index (χ3v) is 6.34. The number of carbonyl (C=O) groups is 1. The average Bonchev–Trinajstić information content (AvgIpc) is 3.08. The van der Waals surface area contributed by atoms with E-state index in [1.807, 2.05) is 0 Å². The van der Waals surface area contributed by atoms with Crippen LogP contribution >= 0.6 is 11.3 Å². The molecule has 1 aromatic heterocycles. The first kappa shape index (κ1) is 15.4. The maximum Gasteiger partial charge on any atom is 0.250 e. The molecule has 0 radical (unpaired) electrons. The zero-order valence-electron chi connectivity index (χ0n) is 11.1. The van der Waals surface area contributed by atoms with Crippen molar-refractivity contribution < 1.29 is 13.2 Å². The molecule has 0 spiro atoms. The molecule has 8 heteroatoms. The van der Waals surface area contributed by atoms with Crippen LogP contribution in [0.15, 0.2) is 21.7 Å². The van der Waals surface area contributed by atoms with E-state index in [1.165, 1.54) is 6.07 Å². The SMILES string of the molecule is NCC1(NC(=O)CNS(=O)(=O)c2cccs2)CCCC1. The van der Waals surface area contributed by atoms with E-state index in [9.17, 15) is 13.2 Å². The van der Waals surface area contributed by atoms with E-state index in [2.05, 4.69) is 10.0 Å². The van der Waals surface area contributed by atoms with Gasteiger partial charge in [0.15, 0.2) is 0 Å². The van der Waals surface area contributed by atoms with Crippen LogP contribution < -0.4 is 15.8 Å². The molecule has 1 amide bonds. The fraction of sp³-hybridized carbons (Fsp3) is 0.583. The maximum absolute atomic E-state index is 11.9. The van der Waals surface area contributed by atoms with Crippen molar-refractivity contribution in [2.75, 3.05) is 13.1 Å². The molecule has 1 aliphatic rings. The minimum absolute atomic E-state index is 0.208. The van der Waals surface area contributed by atoms with Gasteiger partial charge in [-0.3, -0.25) is 4.79 Å². The Balaban J connectivity index is 1.89. The summed E-state index contributed by atoms with van der Waals surface area (Å²) in [5.41, 5.74) is 5.37. The molecule has 4 N–H and O–H groups in total. The lowest BCUT2D eigenvalue weighted by atomic mass is 9.98. The van der Waals surface area contributed by atoms with Gasteiger partial charge in [-0.2, -0.15) is 0 Å². The minimum atomic E-state index is -3.60. The smallest absolute Gasteiger partial charge is 0.250 e. The maximum atomic E-state index is 11.9. The molecule has 2 rings (SSSR count). The second-order valence-electron chi connectivity index (χ2n) is 5.00. The van der Waals surface area contributed by atoms with Crippen molar-refractivity contribution in [1.82, 2.24) is 10.0 Å². The summed E-state index contributed by atoms with van der Waals surface area (Å²) in [6.07, 6.45) is 3.79. The lowest BCUT2D eigenvalue weighted by Crippen LogP contribution is -2.54. The number of amides is 1. The second kappa shape index (κ2) is 6.21. The molecule has 112 valence electrons. The monoisotopic (exact) mass is 317 g/mol. The van der Waals surface area contributed by atoms with Crippen LogP contribution in [0.1, 0.15) is 25.7 Å². The summed E-state index contributed by atoms with van der Waals surface area (Å²) in [5, 5.41) is 4.55. The highest BCUT2D eigenvalue weighted by Gasteiger charge is 2.33. The number of sulfonamides is 1. The van der Waals surface area contributed by atoms with Crippen molar-refractivity contribution in [1.29, 1.82) is 0 Å². The lowest BCUT2D eigenvalue weighted by molar-refractivity contribution is -0.121. The third kappa shape index (κ3) is 3.57. The zero-order chi connectivity index (χ0) is 14.6. The molecule has 0 atom stereocenters. The first-order valence-electron chi connectivity index (χ1n) is 6.52. The second-order valence-corrected chi connectivity index (χ2v) is 7.94. The number of hydrogen-bond acceptors (Lipinski definition) is 5. The van der Waals surface area contributed by atoms with Crippen LogP contribution in [-0.4, -0.2) is 33.0 Å². The molecule has 1 aromatic rings. The fourth-order valence-corrected chi connectivity index (χ4v) is 4.44. The summed E-state index contributed by atoms with van der Waals surface area (Å²) in [5.74, 6) is -0.336. The van der Waals surface area contributed by atoms with Gasteiger partial charge in [0, 0.05) is 6.54 Å². The van der Waals surface area contributed by atoms with Crippen LogP contribution in [0.4, 0.5) is 0 Å². The highest BCUT2D eigenvalue weighted by molar-refractivity contribution is 7.91. The molecule has 1 fully saturated rings. The summed E-state index contributed by atoms with van der Waals surface area (Å²) in [7, 11) is -3.60. The average molecular weight is 317 g/mol.